The van der Waals surface area contributed by atoms with Gasteiger partial charge < -0.3 is 10.1 Å². The van der Waals surface area contributed by atoms with Crippen molar-refractivity contribution in [2.45, 2.75) is 31.3 Å². The standard InChI is InChI=1S/C17H21ClN4O/c18-12-1-2-15-16(9-12)19-10-17(21-15)20-13-3-6-22(7-4-13)14-5-8-23-11-14/h1-2,9-10,13-14H,3-8,11H2,(H,20,21). The Kier molecular flexibility index (Phi) is 4.33. The van der Waals surface area contributed by atoms with Gasteiger partial charge in [0.1, 0.15) is 5.82 Å². The number of piperidine rings is 1. The number of ether oxygens (including phenoxy) is 1. The Balaban J connectivity index is 1.38. The smallest absolute Gasteiger partial charge is 0.145 e. The van der Waals surface area contributed by atoms with Gasteiger partial charge in [-0.05, 0) is 37.5 Å². The van der Waals surface area contributed by atoms with Gasteiger partial charge in [-0.2, -0.15) is 0 Å². The summed E-state index contributed by atoms with van der Waals surface area (Å²) < 4.78 is 5.50. The number of fused-ring (bicyclic) bond motifs is 1. The summed E-state index contributed by atoms with van der Waals surface area (Å²) in [5, 5.41) is 4.22. The minimum absolute atomic E-state index is 0.465. The molecule has 1 aromatic heterocycles. The number of aromatic nitrogens is 2. The Morgan fingerprint density at radius 1 is 1.17 bits per heavy atom. The lowest BCUT2D eigenvalue weighted by Crippen LogP contribution is -2.44. The van der Waals surface area contributed by atoms with Gasteiger partial charge in [-0.3, -0.25) is 9.88 Å². The third kappa shape index (κ3) is 3.42. The summed E-state index contributed by atoms with van der Waals surface area (Å²) in [6.07, 6.45) is 5.25. The second-order valence-electron chi connectivity index (χ2n) is 6.36. The first-order chi connectivity index (χ1) is 11.3. The lowest BCUT2D eigenvalue weighted by atomic mass is 10.0. The van der Waals surface area contributed by atoms with Crippen molar-refractivity contribution in [1.29, 1.82) is 0 Å². The molecule has 2 aliphatic rings. The topological polar surface area (TPSA) is 50.3 Å². The largest absolute Gasteiger partial charge is 0.380 e. The van der Waals surface area contributed by atoms with E-state index in [9.17, 15) is 0 Å². The van der Waals surface area contributed by atoms with E-state index in [0.717, 1.165) is 56.0 Å². The van der Waals surface area contributed by atoms with Crippen molar-refractivity contribution in [3.8, 4) is 0 Å². The highest BCUT2D eigenvalue weighted by Gasteiger charge is 2.27. The summed E-state index contributed by atoms with van der Waals surface area (Å²) in [6, 6.07) is 6.70. The Morgan fingerprint density at radius 2 is 2.04 bits per heavy atom. The third-order valence-electron chi connectivity index (χ3n) is 4.81. The van der Waals surface area contributed by atoms with Crippen LogP contribution in [0.25, 0.3) is 11.0 Å². The number of benzene rings is 1. The molecule has 4 rings (SSSR count). The molecule has 1 unspecified atom stereocenters. The van der Waals surface area contributed by atoms with Crippen LogP contribution in [0.1, 0.15) is 19.3 Å². The molecule has 2 aromatic rings. The van der Waals surface area contributed by atoms with Gasteiger partial charge in [-0.15, -0.1) is 0 Å². The van der Waals surface area contributed by atoms with Gasteiger partial charge in [0, 0.05) is 36.8 Å². The summed E-state index contributed by atoms with van der Waals surface area (Å²) in [5.41, 5.74) is 1.71. The molecular weight excluding hydrogens is 312 g/mol. The summed E-state index contributed by atoms with van der Waals surface area (Å²) in [6.45, 7) is 4.07. The molecule has 1 N–H and O–H groups in total. The molecule has 0 bridgehead atoms. The maximum atomic E-state index is 5.98. The van der Waals surface area contributed by atoms with E-state index in [-0.39, 0.29) is 0 Å². The van der Waals surface area contributed by atoms with Crippen molar-refractivity contribution in [2.24, 2.45) is 0 Å². The first kappa shape index (κ1) is 15.1. The predicted octanol–water partition coefficient (Wildman–Crippen LogP) is 2.95. The summed E-state index contributed by atoms with van der Waals surface area (Å²) >= 11 is 5.98. The van der Waals surface area contributed by atoms with Crippen molar-refractivity contribution in [3.63, 3.8) is 0 Å². The zero-order valence-corrected chi connectivity index (χ0v) is 13.8. The van der Waals surface area contributed by atoms with E-state index in [1.807, 2.05) is 18.2 Å². The van der Waals surface area contributed by atoms with Crippen LogP contribution in [0.5, 0.6) is 0 Å². The molecule has 2 saturated heterocycles. The second-order valence-corrected chi connectivity index (χ2v) is 6.80. The molecule has 0 spiro atoms. The molecule has 2 fully saturated rings. The molecule has 3 heterocycles. The van der Waals surface area contributed by atoms with E-state index in [2.05, 4.69) is 20.2 Å². The second kappa shape index (κ2) is 6.59. The van der Waals surface area contributed by atoms with Gasteiger partial charge in [0.25, 0.3) is 0 Å². The van der Waals surface area contributed by atoms with Crippen LogP contribution in [0, 0.1) is 0 Å². The molecule has 0 saturated carbocycles. The van der Waals surface area contributed by atoms with Gasteiger partial charge >= 0.3 is 0 Å². The first-order valence-corrected chi connectivity index (χ1v) is 8.66. The average molecular weight is 333 g/mol. The van der Waals surface area contributed by atoms with Gasteiger partial charge in [0.15, 0.2) is 0 Å². The Bertz CT molecular complexity index is 681. The van der Waals surface area contributed by atoms with Gasteiger partial charge in [0.05, 0.1) is 23.8 Å². The van der Waals surface area contributed by atoms with Crippen LogP contribution >= 0.6 is 11.6 Å². The lowest BCUT2D eigenvalue weighted by Gasteiger charge is -2.35. The number of halogens is 1. The van der Waals surface area contributed by atoms with Crippen LogP contribution in [0.2, 0.25) is 5.02 Å². The fourth-order valence-electron chi connectivity index (χ4n) is 3.48. The zero-order chi connectivity index (χ0) is 15.6. The zero-order valence-electron chi connectivity index (χ0n) is 13.0. The van der Waals surface area contributed by atoms with E-state index in [0.29, 0.717) is 17.1 Å². The van der Waals surface area contributed by atoms with Crippen LogP contribution in [-0.2, 0) is 4.74 Å². The van der Waals surface area contributed by atoms with Crippen molar-refractivity contribution >= 4 is 28.5 Å². The fraction of sp³-hybridized carbons (Fsp3) is 0.529. The van der Waals surface area contributed by atoms with E-state index >= 15 is 0 Å². The Morgan fingerprint density at radius 3 is 2.83 bits per heavy atom. The summed E-state index contributed by atoms with van der Waals surface area (Å²) in [5.74, 6) is 0.850. The fourth-order valence-corrected chi connectivity index (χ4v) is 3.65. The molecule has 5 nitrogen and oxygen atoms in total. The predicted molar refractivity (Wildman–Crippen MR) is 92.0 cm³/mol. The highest BCUT2D eigenvalue weighted by molar-refractivity contribution is 6.31. The van der Waals surface area contributed by atoms with E-state index in [1.54, 1.807) is 6.20 Å². The van der Waals surface area contributed by atoms with Gasteiger partial charge in [-0.25, -0.2) is 4.98 Å². The molecule has 122 valence electrons. The molecule has 0 radical (unpaired) electrons. The number of nitrogens with one attached hydrogen (secondary N) is 1. The number of nitrogens with zero attached hydrogens (tertiary/aromatic N) is 3. The van der Waals surface area contributed by atoms with Crippen LogP contribution in [0.3, 0.4) is 0 Å². The molecule has 1 aromatic carbocycles. The third-order valence-corrected chi connectivity index (χ3v) is 5.04. The lowest BCUT2D eigenvalue weighted by molar-refractivity contribution is 0.124. The molecule has 0 amide bonds. The molecular formula is C17H21ClN4O. The monoisotopic (exact) mass is 332 g/mol. The summed E-state index contributed by atoms with van der Waals surface area (Å²) in [7, 11) is 0. The molecule has 2 aliphatic heterocycles. The van der Waals surface area contributed by atoms with Crippen LogP contribution in [0.15, 0.2) is 24.4 Å². The van der Waals surface area contributed by atoms with Gasteiger partial charge in [0.2, 0.25) is 0 Å². The average Bonchev–Trinajstić information content (AvgIpc) is 3.10. The van der Waals surface area contributed by atoms with Crippen molar-refractivity contribution in [3.05, 3.63) is 29.4 Å². The first-order valence-electron chi connectivity index (χ1n) is 8.28. The molecule has 1 atom stereocenters. The number of likely N-dealkylation sites (tertiary alicyclic amines) is 1. The quantitative estimate of drug-likeness (QED) is 0.936. The highest BCUT2D eigenvalue weighted by Crippen LogP contribution is 2.22. The van der Waals surface area contributed by atoms with Crippen molar-refractivity contribution in [2.75, 3.05) is 31.6 Å². The van der Waals surface area contributed by atoms with Crippen molar-refractivity contribution < 1.29 is 4.74 Å². The van der Waals surface area contributed by atoms with Crippen LogP contribution in [0.4, 0.5) is 5.82 Å². The molecule has 0 aliphatic carbocycles. The molecule has 23 heavy (non-hydrogen) atoms. The van der Waals surface area contributed by atoms with Crippen molar-refractivity contribution in [1.82, 2.24) is 14.9 Å². The Labute approximate surface area is 141 Å². The minimum Gasteiger partial charge on any atom is -0.380 e. The van der Waals surface area contributed by atoms with Crippen LogP contribution < -0.4 is 5.32 Å². The normalized spacial score (nSPS) is 23.4. The van der Waals surface area contributed by atoms with E-state index in [1.165, 1.54) is 6.42 Å². The Hall–Kier alpha value is -1.43. The number of anilines is 1. The number of hydrogen-bond donors (Lipinski definition) is 1. The number of hydrogen-bond acceptors (Lipinski definition) is 5. The maximum Gasteiger partial charge on any atom is 0.145 e. The van der Waals surface area contributed by atoms with Gasteiger partial charge in [-0.1, -0.05) is 11.6 Å². The molecule has 6 heteroatoms. The summed E-state index contributed by atoms with van der Waals surface area (Å²) in [4.78, 5) is 11.7. The van der Waals surface area contributed by atoms with E-state index < -0.39 is 0 Å². The highest BCUT2D eigenvalue weighted by atomic mass is 35.5. The van der Waals surface area contributed by atoms with Crippen LogP contribution in [-0.4, -0.2) is 53.3 Å². The minimum atomic E-state index is 0.465. The number of rotatable bonds is 3. The SMILES string of the molecule is Clc1ccc2nc(NC3CCN(C4CCOC4)CC3)cnc2c1. The van der Waals surface area contributed by atoms with E-state index in [4.69, 9.17) is 16.3 Å². The maximum absolute atomic E-state index is 5.98.